The van der Waals surface area contributed by atoms with Crippen molar-refractivity contribution >= 4 is 29.1 Å². The molecular formula is C18H23ClN2O. The van der Waals surface area contributed by atoms with Crippen LogP contribution in [0.4, 0.5) is 0 Å². The van der Waals surface area contributed by atoms with Gasteiger partial charge in [0.2, 0.25) is 5.91 Å². The molecule has 1 aliphatic heterocycles. The number of nitrogens with one attached hydrogen (secondary N) is 1. The molecule has 22 heavy (non-hydrogen) atoms. The lowest BCUT2D eigenvalue weighted by Gasteiger charge is -2.34. The van der Waals surface area contributed by atoms with E-state index in [1.54, 1.807) is 0 Å². The van der Waals surface area contributed by atoms with Crippen molar-refractivity contribution in [1.29, 1.82) is 0 Å². The second-order valence-electron chi connectivity index (χ2n) is 5.82. The van der Waals surface area contributed by atoms with Crippen molar-refractivity contribution in [3.63, 3.8) is 0 Å². The van der Waals surface area contributed by atoms with Gasteiger partial charge in [-0.3, -0.25) is 4.79 Å². The lowest BCUT2D eigenvalue weighted by molar-refractivity contribution is -0.133. The van der Waals surface area contributed by atoms with Crippen LogP contribution in [0.15, 0.2) is 42.5 Å². The first-order chi connectivity index (χ1) is 10.2. The molecule has 1 aliphatic rings. The number of amides is 1. The van der Waals surface area contributed by atoms with Crippen molar-refractivity contribution in [3.05, 3.63) is 48.0 Å². The summed E-state index contributed by atoms with van der Waals surface area (Å²) in [4.78, 5) is 14.4. The minimum atomic E-state index is 0. The van der Waals surface area contributed by atoms with E-state index in [0.29, 0.717) is 12.5 Å². The number of halogens is 1. The van der Waals surface area contributed by atoms with E-state index in [1.165, 1.54) is 16.3 Å². The van der Waals surface area contributed by atoms with Gasteiger partial charge in [-0.2, -0.15) is 0 Å². The molecule has 4 heteroatoms. The SMILES string of the molecule is C[C@H]1CNCCN1C(=O)CCc1ccc2ccccc2c1.Cl. The van der Waals surface area contributed by atoms with E-state index in [4.69, 9.17) is 0 Å². The topological polar surface area (TPSA) is 32.3 Å². The molecule has 1 heterocycles. The molecule has 0 saturated carbocycles. The zero-order valence-electron chi connectivity index (χ0n) is 12.9. The van der Waals surface area contributed by atoms with Crippen molar-refractivity contribution in [1.82, 2.24) is 10.2 Å². The number of hydrogen-bond acceptors (Lipinski definition) is 2. The number of carbonyl (C=O) groups excluding carboxylic acids is 1. The van der Waals surface area contributed by atoms with Crippen LogP contribution in [0.2, 0.25) is 0 Å². The molecule has 2 aromatic rings. The van der Waals surface area contributed by atoms with Gasteiger partial charge in [-0.15, -0.1) is 12.4 Å². The van der Waals surface area contributed by atoms with Crippen molar-refractivity contribution in [2.75, 3.05) is 19.6 Å². The molecule has 3 nitrogen and oxygen atoms in total. The fraction of sp³-hybridized carbons (Fsp3) is 0.389. The maximum atomic E-state index is 12.3. The average Bonchev–Trinajstić information content (AvgIpc) is 2.53. The highest BCUT2D eigenvalue weighted by molar-refractivity contribution is 5.85. The quantitative estimate of drug-likeness (QED) is 0.943. The van der Waals surface area contributed by atoms with Gasteiger partial charge >= 0.3 is 0 Å². The Kier molecular flexibility index (Phi) is 5.81. The summed E-state index contributed by atoms with van der Waals surface area (Å²) < 4.78 is 0. The molecular weight excluding hydrogens is 296 g/mol. The third kappa shape index (κ3) is 3.79. The maximum Gasteiger partial charge on any atom is 0.223 e. The Morgan fingerprint density at radius 1 is 1.23 bits per heavy atom. The zero-order chi connectivity index (χ0) is 14.7. The highest BCUT2D eigenvalue weighted by Gasteiger charge is 2.22. The normalized spacial score (nSPS) is 18.0. The van der Waals surface area contributed by atoms with Crippen LogP contribution in [-0.2, 0) is 11.2 Å². The van der Waals surface area contributed by atoms with Gasteiger partial charge in [0.15, 0.2) is 0 Å². The summed E-state index contributed by atoms with van der Waals surface area (Å²) in [5.41, 5.74) is 1.24. The highest BCUT2D eigenvalue weighted by atomic mass is 35.5. The first-order valence-corrected chi connectivity index (χ1v) is 7.72. The van der Waals surface area contributed by atoms with E-state index in [2.05, 4.69) is 54.7 Å². The summed E-state index contributed by atoms with van der Waals surface area (Å²) >= 11 is 0. The molecule has 1 saturated heterocycles. The molecule has 0 aromatic heterocycles. The zero-order valence-corrected chi connectivity index (χ0v) is 13.7. The minimum Gasteiger partial charge on any atom is -0.337 e. The van der Waals surface area contributed by atoms with E-state index in [-0.39, 0.29) is 18.3 Å². The third-order valence-electron chi connectivity index (χ3n) is 4.26. The van der Waals surface area contributed by atoms with Crippen LogP contribution in [-0.4, -0.2) is 36.5 Å². The maximum absolute atomic E-state index is 12.3. The van der Waals surface area contributed by atoms with Crippen LogP contribution < -0.4 is 5.32 Å². The summed E-state index contributed by atoms with van der Waals surface area (Å²) in [5, 5.41) is 5.82. The summed E-state index contributed by atoms with van der Waals surface area (Å²) in [6.07, 6.45) is 1.42. The minimum absolute atomic E-state index is 0. The van der Waals surface area contributed by atoms with Gasteiger partial charge in [0.05, 0.1) is 0 Å². The molecule has 0 unspecified atom stereocenters. The van der Waals surface area contributed by atoms with Gasteiger partial charge in [-0.05, 0) is 29.7 Å². The third-order valence-corrected chi connectivity index (χ3v) is 4.26. The number of carbonyl (C=O) groups is 1. The van der Waals surface area contributed by atoms with Crippen molar-refractivity contribution in [3.8, 4) is 0 Å². The molecule has 2 aromatic carbocycles. The molecule has 118 valence electrons. The van der Waals surface area contributed by atoms with Crippen LogP contribution in [0.3, 0.4) is 0 Å². The fourth-order valence-electron chi connectivity index (χ4n) is 3.00. The number of aryl methyl sites for hydroxylation is 1. The monoisotopic (exact) mass is 318 g/mol. The van der Waals surface area contributed by atoms with E-state index in [1.807, 2.05) is 4.90 Å². The van der Waals surface area contributed by atoms with Crippen LogP contribution in [0, 0.1) is 0 Å². The number of nitrogens with zero attached hydrogens (tertiary/aromatic N) is 1. The Morgan fingerprint density at radius 2 is 2.00 bits per heavy atom. The van der Waals surface area contributed by atoms with Crippen LogP contribution in [0.25, 0.3) is 10.8 Å². The Balaban J connectivity index is 0.00000176. The van der Waals surface area contributed by atoms with E-state index in [0.717, 1.165) is 26.1 Å². The Hall–Kier alpha value is -1.58. The molecule has 3 rings (SSSR count). The first kappa shape index (κ1) is 16.8. The molecule has 0 radical (unpaired) electrons. The molecule has 0 aliphatic carbocycles. The fourth-order valence-corrected chi connectivity index (χ4v) is 3.00. The van der Waals surface area contributed by atoms with Crippen molar-refractivity contribution in [2.24, 2.45) is 0 Å². The van der Waals surface area contributed by atoms with Gasteiger partial charge in [0.1, 0.15) is 0 Å². The van der Waals surface area contributed by atoms with Gasteiger partial charge < -0.3 is 10.2 Å². The van der Waals surface area contributed by atoms with Crippen molar-refractivity contribution in [2.45, 2.75) is 25.8 Å². The second kappa shape index (κ2) is 7.61. The Labute approximate surface area is 138 Å². The summed E-state index contributed by atoms with van der Waals surface area (Å²) in [5.74, 6) is 0.275. The van der Waals surface area contributed by atoms with E-state index < -0.39 is 0 Å². The van der Waals surface area contributed by atoms with Gasteiger partial charge in [-0.1, -0.05) is 42.5 Å². The Bertz CT molecular complexity index is 644. The van der Waals surface area contributed by atoms with Crippen LogP contribution >= 0.6 is 12.4 Å². The largest absolute Gasteiger partial charge is 0.337 e. The number of hydrogen-bond donors (Lipinski definition) is 1. The molecule has 1 amide bonds. The van der Waals surface area contributed by atoms with Crippen LogP contribution in [0.1, 0.15) is 18.9 Å². The molecule has 0 bridgehead atoms. The number of rotatable bonds is 3. The van der Waals surface area contributed by atoms with E-state index >= 15 is 0 Å². The molecule has 1 atom stereocenters. The molecule has 1 fully saturated rings. The first-order valence-electron chi connectivity index (χ1n) is 7.72. The lowest BCUT2D eigenvalue weighted by Crippen LogP contribution is -2.52. The van der Waals surface area contributed by atoms with Crippen molar-refractivity contribution < 1.29 is 4.79 Å². The molecule has 0 spiro atoms. The van der Waals surface area contributed by atoms with E-state index in [9.17, 15) is 4.79 Å². The summed E-state index contributed by atoms with van der Waals surface area (Å²) in [7, 11) is 0. The smallest absolute Gasteiger partial charge is 0.223 e. The summed E-state index contributed by atoms with van der Waals surface area (Å²) in [6, 6.07) is 15.1. The van der Waals surface area contributed by atoms with Gasteiger partial charge in [-0.25, -0.2) is 0 Å². The van der Waals surface area contributed by atoms with Gasteiger partial charge in [0, 0.05) is 32.1 Å². The molecule has 1 N–H and O–H groups in total. The lowest BCUT2D eigenvalue weighted by atomic mass is 10.0. The second-order valence-corrected chi connectivity index (χ2v) is 5.82. The number of fused-ring (bicyclic) bond motifs is 1. The number of benzene rings is 2. The van der Waals surface area contributed by atoms with Crippen LogP contribution in [0.5, 0.6) is 0 Å². The average molecular weight is 319 g/mol. The highest BCUT2D eigenvalue weighted by Crippen LogP contribution is 2.17. The summed E-state index contributed by atoms with van der Waals surface area (Å²) in [6.45, 7) is 4.76. The predicted molar refractivity (Wildman–Crippen MR) is 93.6 cm³/mol. The predicted octanol–water partition coefficient (Wildman–Crippen LogP) is 3.01. The van der Waals surface area contributed by atoms with Gasteiger partial charge in [0.25, 0.3) is 0 Å². The Morgan fingerprint density at radius 3 is 2.77 bits per heavy atom. The number of piperazine rings is 1. The standard InChI is InChI=1S/C18H22N2O.ClH/c1-14-13-19-10-11-20(14)18(21)9-7-15-6-8-16-4-2-3-5-17(16)12-15;/h2-6,8,12,14,19H,7,9-11,13H2,1H3;1H/t14-;/m0./s1.